The van der Waals surface area contributed by atoms with Crippen LogP contribution in [0, 0.1) is 0 Å². The molecule has 9 heteroatoms. The number of allylic oxidation sites excluding steroid dienone is 4. The number of ether oxygens (including phenoxy) is 1. The number of aliphatic carboxylic acids is 1. The number of hydrogen-bond acceptors (Lipinski definition) is 6. The van der Waals surface area contributed by atoms with Gasteiger partial charge in [-0.05, 0) is 64.2 Å². The quantitative estimate of drug-likeness (QED) is 0.0304. The van der Waals surface area contributed by atoms with Gasteiger partial charge in [-0.25, -0.2) is 4.79 Å². The predicted octanol–water partition coefficient (Wildman–Crippen LogP) is 8.48. The minimum absolute atomic E-state index is 0.0871. The molecule has 0 aromatic heterocycles. The van der Waals surface area contributed by atoms with E-state index in [0.29, 0.717) is 12.8 Å². The number of nitrogens with one attached hydrogen (secondary N) is 2. The third kappa shape index (κ3) is 30.6. The summed E-state index contributed by atoms with van der Waals surface area (Å²) in [6.45, 7) is 3.28. The van der Waals surface area contributed by atoms with Crippen LogP contribution in [0.5, 0.6) is 0 Å². The molecule has 0 bridgehead atoms. The molecule has 278 valence electrons. The average molecular weight is 679 g/mol. The lowest BCUT2D eigenvalue weighted by Crippen LogP contribution is -2.47. The van der Waals surface area contributed by atoms with E-state index in [-0.39, 0.29) is 30.9 Å². The first-order valence-corrected chi connectivity index (χ1v) is 19.2. The van der Waals surface area contributed by atoms with E-state index >= 15 is 0 Å². The molecule has 0 fully saturated rings. The Morgan fingerprint density at radius 2 is 1.17 bits per heavy atom. The first kappa shape index (κ1) is 45.3. The number of aliphatic hydroxyl groups is 1. The molecule has 0 rings (SSSR count). The van der Waals surface area contributed by atoms with E-state index in [1.165, 1.54) is 89.9 Å². The number of esters is 1. The zero-order chi connectivity index (χ0) is 35.5. The second kappa shape index (κ2) is 34.2. The maximum Gasteiger partial charge on any atom is 0.328 e. The van der Waals surface area contributed by atoms with Crippen molar-refractivity contribution in [3.63, 3.8) is 0 Å². The summed E-state index contributed by atoms with van der Waals surface area (Å²) in [5.41, 5.74) is 0. The molecule has 0 saturated heterocycles. The summed E-state index contributed by atoms with van der Waals surface area (Å²) >= 11 is 0. The van der Waals surface area contributed by atoms with E-state index in [1.807, 2.05) is 0 Å². The number of carboxylic acids is 1. The summed E-state index contributed by atoms with van der Waals surface area (Å²) in [6, 6.07) is -1.39. The van der Waals surface area contributed by atoms with Crippen LogP contribution in [0.3, 0.4) is 0 Å². The molecule has 48 heavy (non-hydrogen) atoms. The van der Waals surface area contributed by atoms with Crippen LogP contribution >= 0.6 is 0 Å². The minimum Gasteiger partial charge on any atom is -0.480 e. The Kier molecular flexibility index (Phi) is 32.3. The SMILES string of the molecule is CCCCCCC/C=C\C/C=C\CCCCCCCCCCCC(=O)OC(CCC)CCCCCC(=O)NCC(=O)NC(CO)C(=O)O. The van der Waals surface area contributed by atoms with Gasteiger partial charge in [0.25, 0.3) is 0 Å². The van der Waals surface area contributed by atoms with Crippen molar-refractivity contribution in [1.82, 2.24) is 10.6 Å². The third-order valence-corrected chi connectivity index (χ3v) is 8.43. The van der Waals surface area contributed by atoms with Gasteiger partial charge in [-0.3, -0.25) is 14.4 Å². The monoisotopic (exact) mass is 679 g/mol. The largest absolute Gasteiger partial charge is 0.480 e. The maximum atomic E-state index is 12.4. The van der Waals surface area contributed by atoms with Crippen LogP contribution in [-0.4, -0.2) is 59.3 Å². The first-order valence-electron chi connectivity index (χ1n) is 19.2. The van der Waals surface area contributed by atoms with E-state index in [2.05, 4.69) is 48.8 Å². The van der Waals surface area contributed by atoms with Gasteiger partial charge in [-0.1, -0.05) is 122 Å². The van der Waals surface area contributed by atoms with Gasteiger partial charge >= 0.3 is 11.9 Å². The molecule has 0 aliphatic carbocycles. The molecule has 0 heterocycles. The molecule has 2 atom stereocenters. The summed E-state index contributed by atoms with van der Waals surface area (Å²) < 4.78 is 5.75. The van der Waals surface area contributed by atoms with Crippen molar-refractivity contribution >= 4 is 23.8 Å². The van der Waals surface area contributed by atoms with Crippen molar-refractivity contribution in [2.75, 3.05) is 13.2 Å². The second-order valence-electron chi connectivity index (χ2n) is 13.0. The number of carboxylic acid groups (broad SMARTS) is 1. The summed E-state index contributed by atoms with van der Waals surface area (Å²) in [5.74, 6) is -2.41. The van der Waals surface area contributed by atoms with Gasteiger partial charge < -0.3 is 25.6 Å². The van der Waals surface area contributed by atoms with Crippen LogP contribution in [0.1, 0.15) is 174 Å². The molecule has 2 amide bonds. The Morgan fingerprint density at radius 3 is 1.73 bits per heavy atom. The van der Waals surface area contributed by atoms with Gasteiger partial charge in [0.15, 0.2) is 0 Å². The van der Waals surface area contributed by atoms with Crippen molar-refractivity contribution in [3.05, 3.63) is 24.3 Å². The lowest BCUT2D eigenvalue weighted by Gasteiger charge is -2.17. The Bertz CT molecular complexity index is 874. The number of rotatable bonds is 34. The summed E-state index contributed by atoms with van der Waals surface area (Å²) in [6.07, 6.45) is 35.8. The molecule has 0 radical (unpaired) electrons. The van der Waals surface area contributed by atoms with Crippen molar-refractivity contribution in [2.24, 2.45) is 0 Å². The maximum absolute atomic E-state index is 12.4. The summed E-state index contributed by atoms with van der Waals surface area (Å²) in [7, 11) is 0. The van der Waals surface area contributed by atoms with Crippen molar-refractivity contribution in [2.45, 2.75) is 187 Å². The van der Waals surface area contributed by atoms with Crippen molar-refractivity contribution in [1.29, 1.82) is 0 Å². The first-order chi connectivity index (χ1) is 23.3. The van der Waals surface area contributed by atoms with E-state index in [1.54, 1.807) is 0 Å². The van der Waals surface area contributed by atoms with Gasteiger partial charge in [0, 0.05) is 12.8 Å². The van der Waals surface area contributed by atoms with E-state index < -0.39 is 24.5 Å². The molecule has 0 aromatic rings. The fourth-order valence-electron chi connectivity index (χ4n) is 5.50. The number of carbonyl (C=O) groups excluding carboxylic acids is 3. The summed E-state index contributed by atoms with van der Waals surface area (Å²) in [4.78, 5) is 46.9. The van der Waals surface area contributed by atoms with Crippen LogP contribution in [0.15, 0.2) is 24.3 Å². The number of amides is 2. The number of hydrogen-bond donors (Lipinski definition) is 4. The minimum atomic E-state index is -1.39. The molecule has 0 aliphatic heterocycles. The molecule has 0 saturated carbocycles. The van der Waals surface area contributed by atoms with Crippen molar-refractivity contribution in [3.8, 4) is 0 Å². The fraction of sp³-hybridized carbons (Fsp3) is 0.795. The highest BCUT2D eigenvalue weighted by Gasteiger charge is 2.19. The fourth-order valence-corrected chi connectivity index (χ4v) is 5.50. The molecule has 0 aromatic carbocycles. The normalized spacial score (nSPS) is 12.7. The van der Waals surface area contributed by atoms with E-state index in [4.69, 9.17) is 14.9 Å². The Hall–Kier alpha value is -2.68. The van der Waals surface area contributed by atoms with Crippen LogP contribution in [-0.2, 0) is 23.9 Å². The zero-order valence-corrected chi connectivity index (χ0v) is 30.5. The Labute approximate surface area is 292 Å². The Balaban J connectivity index is 3.72. The smallest absolute Gasteiger partial charge is 0.328 e. The van der Waals surface area contributed by atoms with Gasteiger partial charge in [-0.15, -0.1) is 0 Å². The molecule has 4 N–H and O–H groups in total. The van der Waals surface area contributed by atoms with Crippen LogP contribution in [0.25, 0.3) is 0 Å². The highest BCUT2D eigenvalue weighted by Crippen LogP contribution is 2.16. The highest BCUT2D eigenvalue weighted by molar-refractivity contribution is 5.87. The lowest BCUT2D eigenvalue weighted by atomic mass is 10.0. The van der Waals surface area contributed by atoms with Gasteiger partial charge in [0.1, 0.15) is 12.1 Å². The molecular weight excluding hydrogens is 608 g/mol. The molecular formula is C39H70N2O7. The highest BCUT2D eigenvalue weighted by atomic mass is 16.5. The van der Waals surface area contributed by atoms with Gasteiger partial charge in [-0.2, -0.15) is 0 Å². The number of carbonyl (C=O) groups is 4. The van der Waals surface area contributed by atoms with Crippen LogP contribution in [0.2, 0.25) is 0 Å². The molecule has 9 nitrogen and oxygen atoms in total. The molecule has 0 aliphatic rings. The standard InChI is InChI=1S/C39H70N2O7/c1-3-5-6-7-8-9-10-11-12-13-14-15-16-17-18-19-20-21-22-23-27-31-38(45)48-34(28-4-2)29-25-24-26-30-36(43)40-32-37(44)41-35(33-42)39(46)47/h10-11,13-14,34-35,42H,3-9,12,15-33H2,1-2H3,(H,40,43)(H,41,44)(H,46,47)/b11-10-,14-13-. The number of aliphatic hydroxyl groups excluding tert-OH is 1. The zero-order valence-electron chi connectivity index (χ0n) is 30.5. The van der Waals surface area contributed by atoms with Crippen LogP contribution < -0.4 is 10.6 Å². The average Bonchev–Trinajstić information content (AvgIpc) is 3.06. The van der Waals surface area contributed by atoms with Gasteiger partial charge in [0.2, 0.25) is 11.8 Å². The Morgan fingerprint density at radius 1 is 0.625 bits per heavy atom. The predicted molar refractivity (Wildman–Crippen MR) is 195 cm³/mol. The third-order valence-electron chi connectivity index (χ3n) is 8.43. The topological polar surface area (TPSA) is 142 Å². The molecule has 2 unspecified atom stereocenters. The second-order valence-corrected chi connectivity index (χ2v) is 13.0. The van der Waals surface area contributed by atoms with Crippen molar-refractivity contribution < 1.29 is 34.1 Å². The summed E-state index contributed by atoms with van der Waals surface area (Å²) in [5, 5.41) is 22.4. The van der Waals surface area contributed by atoms with E-state index in [0.717, 1.165) is 51.4 Å². The number of unbranched alkanes of at least 4 members (excludes halogenated alkanes) is 16. The van der Waals surface area contributed by atoms with Crippen LogP contribution in [0.4, 0.5) is 0 Å². The lowest BCUT2D eigenvalue weighted by molar-refractivity contribution is -0.150. The molecule has 0 spiro atoms. The van der Waals surface area contributed by atoms with Gasteiger partial charge in [0.05, 0.1) is 13.2 Å². The van der Waals surface area contributed by atoms with E-state index in [9.17, 15) is 19.2 Å².